The van der Waals surface area contributed by atoms with Gasteiger partial charge in [-0.3, -0.25) is 9.59 Å². The van der Waals surface area contributed by atoms with Gasteiger partial charge in [0.15, 0.2) is 0 Å². The summed E-state index contributed by atoms with van der Waals surface area (Å²) < 4.78 is 0. The van der Waals surface area contributed by atoms with Gasteiger partial charge in [-0.2, -0.15) is 0 Å². The molecule has 2 aromatic carbocycles. The molecule has 1 amide bonds. The predicted octanol–water partition coefficient (Wildman–Crippen LogP) is 3.71. The van der Waals surface area contributed by atoms with Crippen molar-refractivity contribution in [3.8, 4) is 0 Å². The molecule has 146 valence electrons. The Morgan fingerprint density at radius 1 is 1.11 bits per heavy atom. The summed E-state index contributed by atoms with van der Waals surface area (Å²) in [6, 6.07) is 15.2. The second-order valence-electron chi connectivity index (χ2n) is 7.07. The zero-order valence-corrected chi connectivity index (χ0v) is 16.7. The van der Waals surface area contributed by atoms with Crippen molar-refractivity contribution in [1.82, 2.24) is 9.80 Å². The quantitative estimate of drug-likeness (QED) is 0.457. The van der Waals surface area contributed by atoms with E-state index in [0.29, 0.717) is 29.1 Å². The van der Waals surface area contributed by atoms with Crippen LogP contribution in [0.4, 0.5) is 0 Å². The molecular formula is C22H23ClN2O3. The molecule has 1 heterocycles. The average Bonchev–Trinajstić information content (AvgIpc) is 2.93. The number of benzene rings is 2. The van der Waals surface area contributed by atoms with Crippen LogP contribution >= 0.6 is 11.6 Å². The van der Waals surface area contributed by atoms with Crippen LogP contribution in [0.15, 0.2) is 60.2 Å². The molecule has 5 nitrogen and oxygen atoms in total. The molecule has 0 saturated carbocycles. The van der Waals surface area contributed by atoms with Crippen LogP contribution in [0, 0.1) is 0 Å². The van der Waals surface area contributed by atoms with E-state index in [2.05, 4.69) is 0 Å². The third-order valence-electron chi connectivity index (χ3n) is 4.76. The number of Topliss-reactive ketones (excluding diaryl/α,β-unsaturated/α-hetero) is 1. The van der Waals surface area contributed by atoms with Crippen molar-refractivity contribution in [3.05, 3.63) is 76.3 Å². The minimum Gasteiger partial charge on any atom is -0.507 e. The maximum absolute atomic E-state index is 12.8. The van der Waals surface area contributed by atoms with Crippen molar-refractivity contribution in [3.63, 3.8) is 0 Å². The third-order valence-corrected chi connectivity index (χ3v) is 4.99. The molecule has 2 aromatic rings. The van der Waals surface area contributed by atoms with E-state index >= 15 is 0 Å². The van der Waals surface area contributed by atoms with Crippen LogP contribution in [0.3, 0.4) is 0 Å². The number of ketones is 1. The summed E-state index contributed by atoms with van der Waals surface area (Å²) in [6.45, 7) is 1.19. The summed E-state index contributed by atoms with van der Waals surface area (Å²) in [5, 5.41) is 11.4. The fraction of sp³-hybridized carbons (Fsp3) is 0.273. The molecule has 28 heavy (non-hydrogen) atoms. The molecule has 1 atom stereocenters. The van der Waals surface area contributed by atoms with Gasteiger partial charge in [0, 0.05) is 17.1 Å². The molecule has 0 bridgehead atoms. The van der Waals surface area contributed by atoms with Crippen molar-refractivity contribution in [1.29, 1.82) is 0 Å². The maximum atomic E-state index is 12.8. The predicted molar refractivity (Wildman–Crippen MR) is 110 cm³/mol. The standard InChI is InChI=1S/C22H23ClN2O3/c1-24(2)12-7-13-25-19(16-10-6-11-17(23)14-16)18(21(27)22(25)28)20(26)15-8-4-3-5-9-15/h3-6,8-11,14,19,26H,7,12-13H2,1-2H3/b20-18+/t19-/m0/s1. The Morgan fingerprint density at radius 2 is 1.82 bits per heavy atom. The molecule has 1 saturated heterocycles. The molecule has 0 aliphatic carbocycles. The highest BCUT2D eigenvalue weighted by Crippen LogP contribution is 2.39. The van der Waals surface area contributed by atoms with Gasteiger partial charge in [-0.15, -0.1) is 0 Å². The topological polar surface area (TPSA) is 60.9 Å². The van der Waals surface area contributed by atoms with Crippen LogP contribution in [0.25, 0.3) is 5.76 Å². The Labute approximate surface area is 169 Å². The molecule has 3 rings (SSSR count). The Bertz CT molecular complexity index is 909. The smallest absolute Gasteiger partial charge is 0.295 e. The molecule has 1 aliphatic rings. The number of likely N-dealkylation sites (tertiary alicyclic amines) is 1. The van der Waals surface area contributed by atoms with Gasteiger partial charge in [0.1, 0.15) is 5.76 Å². The van der Waals surface area contributed by atoms with E-state index in [1.54, 1.807) is 42.5 Å². The molecule has 1 aliphatic heterocycles. The minimum atomic E-state index is -0.670. The fourth-order valence-corrected chi connectivity index (χ4v) is 3.64. The molecule has 1 N–H and O–H groups in total. The van der Waals surface area contributed by atoms with Crippen LogP contribution in [0.2, 0.25) is 5.02 Å². The fourth-order valence-electron chi connectivity index (χ4n) is 3.44. The zero-order valence-electron chi connectivity index (χ0n) is 15.9. The van der Waals surface area contributed by atoms with E-state index in [9.17, 15) is 14.7 Å². The highest BCUT2D eigenvalue weighted by molar-refractivity contribution is 6.46. The van der Waals surface area contributed by atoms with E-state index in [4.69, 9.17) is 11.6 Å². The summed E-state index contributed by atoms with van der Waals surface area (Å²) in [7, 11) is 3.91. The Kier molecular flexibility index (Phi) is 6.17. The van der Waals surface area contributed by atoms with Crippen molar-refractivity contribution >= 4 is 29.1 Å². The van der Waals surface area contributed by atoms with Crippen molar-refractivity contribution in [2.75, 3.05) is 27.2 Å². The lowest BCUT2D eigenvalue weighted by Gasteiger charge is -2.26. The maximum Gasteiger partial charge on any atom is 0.295 e. The van der Waals surface area contributed by atoms with Gasteiger partial charge < -0.3 is 14.9 Å². The normalized spacial score (nSPS) is 18.9. The van der Waals surface area contributed by atoms with Crippen molar-refractivity contribution < 1.29 is 14.7 Å². The number of carbonyl (C=O) groups excluding carboxylic acids is 2. The van der Waals surface area contributed by atoms with E-state index in [0.717, 1.165) is 6.54 Å². The SMILES string of the molecule is CN(C)CCCN1C(=O)C(=O)/C(=C(/O)c2ccccc2)[C@@H]1c1cccc(Cl)c1. The third kappa shape index (κ3) is 4.11. The number of aliphatic hydroxyl groups excluding tert-OH is 1. The van der Waals surface area contributed by atoms with Crippen LogP contribution < -0.4 is 0 Å². The van der Waals surface area contributed by atoms with Crippen LogP contribution in [0.5, 0.6) is 0 Å². The number of aliphatic hydroxyl groups is 1. The number of halogens is 1. The van der Waals surface area contributed by atoms with E-state index in [1.807, 2.05) is 31.1 Å². The Morgan fingerprint density at radius 3 is 2.46 bits per heavy atom. The summed E-state index contributed by atoms with van der Waals surface area (Å²) in [5.41, 5.74) is 1.30. The van der Waals surface area contributed by atoms with Crippen molar-refractivity contribution in [2.45, 2.75) is 12.5 Å². The molecule has 1 fully saturated rings. The first-order chi connectivity index (χ1) is 13.4. The van der Waals surface area contributed by atoms with Crippen LogP contribution in [-0.4, -0.2) is 53.8 Å². The van der Waals surface area contributed by atoms with Crippen LogP contribution in [-0.2, 0) is 9.59 Å². The lowest BCUT2D eigenvalue weighted by molar-refractivity contribution is -0.139. The average molecular weight is 399 g/mol. The van der Waals surface area contributed by atoms with Gasteiger partial charge in [-0.1, -0.05) is 54.1 Å². The first kappa shape index (κ1) is 20.1. The van der Waals surface area contributed by atoms with Gasteiger partial charge in [-0.05, 0) is 44.8 Å². The highest BCUT2D eigenvalue weighted by Gasteiger charge is 2.45. The number of hydrogen-bond donors (Lipinski definition) is 1. The van der Waals surface area contributed by atoms with E-state index in [-0.39, 0.29) is 11.3 Å². The number of amides is 1. The first-order valence-electron chi connectivity index (χ1n) is 9.14. The summed E-state index contributed by atoms with van der Waals surface area (Å²) in [4.78, 5) is 29.2. The van der Waals surface area contributed by atoms with Crippen molar-refractivity contribution in [2.24, 2.45) is 0 Å². The lowest BCUT2D eigenvalue weighted by atomic mass is 9.95. The molecule has 0 radical (unpaired) electrons. The largest absolute Gasteiger partial charge is 0.507 e. The molecular weight excluding hydrogens is 376 g/mol. The Balaban J connectivity index is 2.08. The second kappa shape index (κ2) is 8.59. The summed E-state index contributed by atoms with van der Waals surface area (Å²) in [5.74, 6) is -1.43. The number of carbonyl (C=O) groups is 2. The number of hydrogen-bond acceptors (Lipinski definition) is 4. The van der Waals surface area contributed by atoms with Gasteiger partial charge >= 0.3 is 0 Å². The summed E-state index contributed by atoms with van der Waals surface area (Å²) in [6.07, 6.45) is 0.711. The van der Waals surface area contributed by atoms with E-state index < -0.39 is 17.7 Å². The van der Waals surface area contributed by atoms with Gasteiger partial charge in [0.2, 0.25) is 0 Å². The number of rotatable bonds is 6. The van der Waals surface area contributed by atoms with Gasteiger partial charge in [-0.25, -0.2) is 0 Å². The molecule has 6 heteroatoms. The molecule has 0 aromatic heterocycles. The van der Waals surface area contributed by atoms with E-state index in [1.165, 1.54) is 4.90 Å². The summed E-state index contributed by atoms with van der Waals surface area (Å²) >= 11 is 6.16. The first-order valence-corrected chi connectivity index (χ1v) is 9.52. The minimum absolute atomic E-state index is 0.100. The number of nitrogens with zero attached hydrogens (tertiary/aromatic N) is 2. The van der Waals surface area contributed by atoms with Gasteiger partial charge in [0.05, 0.1) is 11.6 Å². The monoisotopic (exact) mass is 398 g/mol. The second-order valence-corrected chi connectivity index (χ2v) is 7.51. The molecule has 0 spiro atoms. The highest BCUT2D eigenvalue weighted by atomic mass is 35.5. The Hall–Kier alpha value is -2.63. The molecule has 0 unspecified atom stereocenters. The van der Waals surface area contributed by atoms with Crippen LogP contribution in [0.1, 0.15) is 23.6 Å². The lowest BCUT2D eigenvalue weighted by Crippen LogP contribution is -2.32. The van der Waals surface area contributed by atoms with Gasteiger partial charge in [0.25, 0.3) is 11.7 Å². The zero-order chi connectivity index (χ0) is 20.3.